The third-order valence-electron chi connectivity index (χ3n) is 4.59. The number of rotatable bonds is 10. The minimum absolute atomic E-state index is 0.0679. The fraction of sp³-hybridized carbons (Fsp3) is 0.391. The summed E-state index contributed by atoms with van der Waals surface area (Å²) in [6.45, 7) is 6.73. The molecule has 0 fully saturated rings. The van der Waals surface area contributed by atoms with Crippen LogP contribution in [0.25, 0.3) is 0 Å². The summed E-state index contributed by atoms with van der Waals surface area (Å²) in [6, 6.07) is 15.1. The molecular formula is C23H29ClN2O2S. The summed E-state index contributed by atoms with van der Waals surface area (Å²) in [7, 11) is 0. The van der Waals surface area contributed by atoms with Gasteiger partial charge in [-0.25, -0.2) is 0 Å². The van der Waals surface area contributed by atoms with E-state index in [1.165, 1.54) is 11.1 Å². The largest absolute Gasteiger partial charge is 0.354 e. The zero-order chi connectivity index (χ0) is 21.2. The van der Waals surface area contributed by atoms with Crippen molar-refractivity contribution in [2.24, 2.45) is 0 Å². The Bertz CT molecular complexity index is 828. The summed E-state index contributed by atoms with van der Waals surface area (Å²) < 4.78 is 0. The van der Waals surface area contributed by atoms with Gasteiger partial charge in [-0.15, -0.1) is 11.8 Å². The van der Waals surface area contributed by atoms with E-state index < -0.39 is 6.04 Å². The summed E-state index contributed by atoms with van der Waals surface area (Å²) in [5.74, 6) is 0.853. The first-order valence-corrected chi connectivity index (χ1v) is 11.4. The zero-order valence-corrected chi connectivity index (χ0v) is 18.9. The van der Waals surface area contributed by atoms with Gasteiger partial charge in [0.1, 0.15) is 6.04 Å². The van der Waals surface area contributed by atoms with E-state index in [0.717, 1.165) is 17.7 Å². The van der Waals surface area contributed by atoms with Crippen molar-refractivity contribution in [3.8, 4) is 0 Å². The molecule has 0 aliphatic heterocycles. The van der Waals surface area contributed by atoms with Crippen LogP contribution in [0.5, 0.6) is 0 Å². The highest BCUT2D eigenvalue weighted by atomic mass is 35.5. The third-order valence-corrected chi connectivity index (χ3v) is 5.95. The highest BCUT2D eigenvalue weighted by molar-refractivity contribution is 7.99. The molecule has 0 unspecified atom stereocenters. The zero-order valence-electron chi connectivity index (χ0n) is 17.3. The highest BCUT2D eigenvalue weighted by Crippen LogP contribution is 2.20. The van der Waals surface area contributed by atoms with E-state index in [-0.39, 0.29) is 11.8 Å². The Balaban J connectivity index is 2.07. The number of hydrogen-bond donors (Lipinski definition) is 1. The smallest absolute Gasteiger partial charge is 0.242 e. The molecule has 2 aromatic carbocycles. The van der Waals surface area contributed by atoms with E-state index in [0.29, 0.717) is 23.9 Å². The van der Waals surface area contributed by atoms with Crippen molar-refractivity contribution in [1.29, 1.82) is 0 Å². The predicted octanol–water partition coefficient (Wildman–Crippen LogP) is 4.83. The van der Waals surface area contributed by atoms with Crippen molar-refractivity contribution in [1.82, 2.24) is 10.2 Å². The van der Waals surface area contributed by atoms with Crippen LogP contribution < -0.4 is 5.32 Å². The van der Waals surface area contributed by atoms with Crippen LogP contribution in [-0.4, -0.2) is 35.1 Å². The van der Waals surface area contributed by atoms with E-state index in [1.54, 1.807) is 29.7 Å². The number of hydrogen-bond acceptors (Lipinski definition) is 3. The molecule has 0 heterocycles. The quantitative estimate of drug-likeness (QED) is 0.585. The standard InChI is InChI=1S/C23H29ClN2O2S/c1-4-12-25-23(28)18(3)26(14-20-10-5-6-11-21(20)24)22(27)16-29-15-19-9-7-8-17(2)13-19/h5-11,13,18H,4,12,14-16H2,1-3H3,(H,25,28)/t18-/m1/s1. The first-order valence-electron chi connectivity index (χ1n) is 9.86. The van der Waals surface area contributed by atoms with Crippen molar-refractivity contribution in [2.45, 2.75) is 45.5 Å². The Kier molecular flexibility index (Phi) is 9.55. The van der Waals surface area contributed by atoms with Crippen molar-refractivity contribution in [3.63, 3.8) is 0 Å². The molecule has 4 nitrogen and oxygen atoms in total. The molecule has 1 N–H and O–H groups in total. The molecule has 6 heteroatoms. The first-order chi connectivity index (χ1) is 13.9. The molecule has 0 spiro atoms. The molecule has 0 saturated heterocycles. The first kappa shape index (κ1) is 23.3. The molecular weight excluding hydrogens is 404 g/mol. The van der Waals surface area contributed by atoms with Crippen LogP contribution >= 0.6 is 23.4 Å². The number of halogens is 1. The predicted molar refractivity (Wildman–Crippen MR) is 122 cm³/mol. The van der Waals surface area contributed by atoms with Gasteiger partial charge in [-0.2, -0.15) is 0 Å². The number of carbonyl (C=O) groups is 2. The molecule has 0 aromatic heterocycles. The maximum absolute atomic E-state index is 13.0. The van der Waals surface area contributed by atoms with Crippen LogP contribution in [0.3, 0.4) is 0 Å². The van der Waals surface area contributed by atoms with Crippen LogP contribution in [0.2, 0.25) is 5.02 Å². The highest BCUT2D eigenvalue weighted by Gasteiger charge is 2.26. The van der Waals surface area contributed by atoms with Gasteiger partial charge >= 0.3 is 0 Å². The van der Waals surface area contributed by atoms with Crippen molar-refractivity contribution in [3.05, 3.63) is 70.2 Å². The molecule has 0 aliphatic rings. The summed E-state index contributed by atoms with van der Waals surface area (Å²) in [4.78, 5) is 27.1. The number of nitrogens with one attached hydrogen (secondary N) is 1. The second-order valence-electron chi connectivity index (χ2n) is 7.06. The van der Waals surface area contributed by atoms with Crippen LogP contribution in [0.4, 0.5) is 0 Å². The summed E-state index contributed by atoms with van der Waals surface area (Å²) in [5.41, 5.74) is 3.23. The topological polar surface area (TPSA) is 49.4 Å². The van der Waals surface area contributed by atoms with Gasteiger partial charge in [-0.3, -0.25) is 9.59 Å². The minimum Gasteiger partial charge on any atom is -0.354 e. The average molecular weight is 433 g/mol. The second kappa shape index (κ2) is 11.9. The average Bonchev–Trinajstić information content (AvgIpc) is 2.71. The number of thioether (sulfide) groups is 1. The minimum atomic E-state index is -0.565. The molecule has 156 valence electrons. The van der Waals surface area contributed by atoms with E-state index in [1.807, 2.05) is 31.2 Å². The van der Waals surface area contributed by atoms with E-state index in [2.05, 4.69) is 30.4 Å². The summed E-state index contributed by atoms with van der Waals surface area (Å²) in [6.07, 6.45) is 0.850. The normalized spacial score (nSPS) is 11.7. The number of amides is 2. The molecule has 0 bridgehead atoms. The SMILES string of the molecule is CCCNC(=O)[C@@H](C)N(Cc1ccccc1Cl)C(=O)CSCc1cccc(C)c1. The number of nitrogens with zero attached hydrogens (tertiary/aromatic N) is 1. The van der Waals surface area contributed by atoms with Crippen LogP contribution in [0.1, 0.15) is 37.0 Å². The van der Waals surface area contributed by atoms with E-state index >= 15 is 0 Å². The van der Waals surface area contributed by atoms with Crippen LogP contribution in [0.15, 0.2) is 48.5 Å². The molecule has 2 rings (SSSR count). The second-order valence-corrected chi connectivity index (χ2v) is 8.45. The molecule has 0 aliphatic carbocycles. The van der Waals surface area contributed by atoms with Gasteiger partial charge in [-0.05, 0) is 37.5 Å². The molecule has 0 radical (unpaired) electrons. The Morgan fingerprint density at radius 1 is 1.17 bits per heavy atom. The molecule has 0 saturated carbocycles. The lowest BCUT2D eigenvalue weighted by molar-refractivity contribution is -0.138. The Hall–Kier alpha value is -1.98. The van der Waals surface area contributed by atoms with Gasteiger partial charge in [0.2, 0.25) is 11.8 Å². The third kappa shape index (κ3) is 7.41. The van der Waals surface area contributed by atoms with Gasteiger partial charge in [0.25, 0.3) is 0 Å². The van der Waals surface area contributed by atoms with Gasteiger partial charge in [-0.1, -0.05) is 66.6 Å². The number of benzene rings is 2. The van der Waals surface area contributed by atoms with Gasteiger partial charge in [0.15, 0.2) is 0 Å². The number of aryl methyl sites for hydroxylation is 1. The maximum atomic E-state index is 13.0. The van der Waals surface area contributed by atoms with Gasteiger partial charge < -0.3 is 10.2 Å². The lowest BCUT2D eigenvalue weighted by Crippen LogP contribution is -2.48. The maximum Gasteiger partial charge on any atom is 0.242 e. The fourth-order valence-corrected chi connectivity index (χ4v) is 3.98. The molecule has 2 aromatic rings. The van der Waals surface area contributed by atoms with Gasteiger partial charge in [0, 0.05) is 23.9 Å². The Morgan fingerprint density at radius 3 is 2.62 bits per heavy atom. The summed E-state index contributed by atoms with van der Waals surface area (Å²) >= 11 is 7.85. The van der Waals surface area contributed by atoms with Crippen LogP contribution in [0, 0.1) is 6.92 Å². The summed E-state index contributed by atoms with van der Waals surface area (Å²) in [5, 5.41) is 3.48. The van der Waals surface area contributed by atoms with E-state index in [4.69, 9.17) is 11.6 Å². The lowest BCUT2D eigenvalue weighted by atomic mass is 10.1. The fourth-order valence-electron chi connectivity index (χ4n) is 2.93. The monoisotopic (exact) mass is 432 g/mol. The Morgan fingerprint density at radius 2 is 1.93 bits per heavy atom. The van der Waals surface area contributed by atoms with Crippen molar-refractivity contribution in [2.75, 3.05) is 12.3 Å². The Labute approximate surface area is 183 Å². The van der Waals surface area contributed by atoms with E-state index in [9.17, 15) is 9.59 Å². The lowest BCUT2D eigenvalue weighted by Gasteiger charge is -2.29. The molecule has 2 amide bonds. The molecule has 1 atom stereocenters. The van der Waals surface area contributed by atoms with Crippen LogP contribution in [-0.2, 0) is 21.9 Å². The number of carbonyl (C=O) groups excluding carboxylic acids is 2. The van der Waals surface area contributed by atoms with Gasteiger partial charge in [0.05, 0.1) is 5.75 Å². The molecule has 29 heavy (non-hydrogen) atoms. The van der Waals surface area contributed by atoms with Crippen molar-refractivity contribution >= 4 is 35.2 Å². The van der Waals surface area contributed by atoms with Crippen molar-refractivity contribution < 1.29 is 9.59 Å².